The molecule has 2 fully saturated rings. The molecular formula is C21H22ClN3O4S. The van der Waals surface area contributed by atoms with Gasteiger partial charge in [0.2, 0.25) is 5.91 Å². The number of sulfonamides is 1. The van der Waals surface area contributed by atoms with E-state index in [1.165, 1.54) is 17.2 Å². The van der Waals surface area contributed by atoms with Crippen LogP contribution in [-0.4, -0.2) is 42.2 Å². The van der Waals surface area contributed by atoms with Crippen LogP contribution in [0.15, 0.2) is 47.6 Å². The number of hydrogen-bond acceptors (Lipinski definition) is 5. The Morgan fingerprint density at radius 2 is 1.77 bits per heavy atom. The van der Waals surface area contributed by atoms with Gasteiger partial charge in [-0.3, -0.25) is 9.59 Å². The summed E-state index contributed by atoms with van der Waals surface area (Å²) in [4.78, 5) is 31.6. The van der Waals surface area contributed by atoms with Crippen molar-refractivity contribution in [3.05, 3.63) is 58.7 Å². The molecule has 2 aromatic rings. The van der Waals surface area contributed by atoms with Crippen LogP contribution in [0, 0.1) is 6.92 Å². The second-order valence-corrected chi connectivity index (χ2v) is 10.2. The lowest BCUT2D eigenvalue weighted by Gasteiger charge is -2.50. The van der Waals surface area contributed by atoms with Crippen LogP contribution in [0.5, 0.6) is 0 Å². The Kier molecular flexibility index (Phi) is 4.90. The first-order valence-corrected chi connectivity index (χ1v) is 11.5. The van der Waals surface area contributed by atoms with Crippen LogP contribution in [0.4, 0.5) is 0 Å². The predicted octanol–water partition coefficient (Wildman–Crippen LogP) is 2.57. The Bertz CT molecular complexity index is 1110. The molecule has 1 aromatic heterocycles. The molecule has 1 aromatic carbocycles. The van der Waals surface area contributed by atoms with Crippen molar-refractivity contribution in [1.29, 1.82) is 0 Å². The number of rotatable bonds is 5. The Labute approximate surface area is 180 Å². The third kappa shape index (κ3) is 3.37. The number of likely N-dealkylation sites (tertiary alicyclic amines) is 1. The van der Waals surface area contributed by atoms with Gasteiger partial charge in [-0.15, -0.1) is 0 Å². The summed E-state index contributed by atoms with van der Waals surface area (Å²) in [6.07, 6.45) is 3.18. The number of pyridine rings is 1. The minimum absolute atomic E-state index is 0.153. The molecule has 0 bridgehead atoms. The van der Waals surface area contributed by atoms with Crippen molar-refractivity contribution in [2.45, 2.75) is 49.1 Å². The Balaban J connectivity index is 1.53. The fourth-order valence-electron chi connectivity index (χ4n) is 3.80. The zero-order valence-corrected chi connectivity index (χ0v) is 18.3. The van der Waals surface area contributed by atoms with Crippen LogP contribution < -0.4 is 4.72 Å². The summed E-state index contributed by atoms with van der Waals surface area (Å²) in [5.74, 6) is -0.879. The molecule has 2 amide bonds. The topological polar surface area (TPSA) is 96.4 Å². The molecule has 1 N–H and O–H groups in total. The third-order valence-electron chi connectivity index (χ3n) is 6.10. The number of nitrogens with one attached hydrogen (secondary N) is 1. The maximum absolute atomic E-state index is 13.3. The first-order chi connectivity index (χ1) is 14.1. The number of amides is 2. The average Bonchev–Trinajstić information content (AvgIpc) is 3.49. The lowest BCUT2D eigenvalue weighted by molar-refractivity contribution is -0.158. The predicted molar refractivity (Wildman–Crippen MR) is 111 cm³/mol. The van der Waals surface area contributed by atoms with E-state index in [-0.39, 0.29) is 10.9 Å². The van der Waals surface area contributed by atoms with Crippen molar-refractivity contribution in [1.82, 2.24) is 14.6 Å². The normalized spacial score (nSPS) is 22.2. The molecule has 1 saturated heterocycles. The van der Waals surface area contributed by atoms with E-state index in [4.69, 9.17) is 11.6 Å². The molecule has 0 spiro atoms. The number of benzene rings is 1. The molecule has 4 rings (SSSR count). The van der Waals surface area contributed by atoms with Gasteiger partial charge in [0.05, 0.1) is 5.41 Å². The molecule has 2 heterocycles. The number of aromatic nitrogens is 1. The second-order valence-electron chi connectivity index (χ2n) is 8.18. The molecule has 0 radical (unpaired) electrons. The lowest BCUT2D eigenvalue weighted by Crippen LogP contribution is -2.69. The van der Waals surface area contributed by atoms with Gasteiger partial charge in [0.1, 0.15) is 5.54 Å². The van der Waals surface area contributed by atoms with Crippen molar-refractivity contribution < 1.29 is 18.0 Å². The number of carbonyl (C=O) groups is 2. The van der Waals surface area contributed by atoms with Gasteiger partial charge < -0.3 is 4.90 Å². The van der Waals surface area contributed by atoms with E-state index in [9.17, 15) is 18.0 Å². The van der Waals surface area contributed by atoms with Crippen LogP contribution in [0.2, 0.25) is 5.02 Å². The van der Waals surface area contributed by atoms with Gasteiger partial charge in [-0.05, 0) is 62.4 Å². The van der Waals surface area contributed by atoms with E-state index in [1.54, 1.807) is 32.0 Å². The molecule has 1 aliphatic heterocycles. The van der Waals surface area contributed by atoms with E-state index in [2.05, 4.69) is 9.71 Å². The average molecular weight is 448 g/mol. The van der Waals surface area contributed by atoms with Gasteiger partial charge in [0, 0.05) is 17.8 Å². The SMILES string of the molecule is Cc1ccc(S(=O)(=O)NC(=O)C2(C)CCN2C(=O)C2(c3ccc(Cl)cc3)CC2)nc1. The highest BCUT2D eigenvalue weighted by Crippen LogP contribution is 2.52. The van der Waals surface area contributed by atoms with Gasteiger partial charge in [0.25, 0.3) is 15.9 Å². The number of aryl methyl sites for hydroxylation is 1. The van der Waals surface area contributed by atoms with Gasteiger partial charge in [0.15, 0.2) is 5.03 Å². The smallest absolute Gasteiger partial charge is 0.281 e. The highest BCUT2D eigenvalue weighted by atomic mass is 35.5. The van der Waals surface area contributed by atoms with E-state index in [0.717, 1.165) is 11.1 Å². The fraction of sp³-hybridized carbons (Fsp3) is 0.381. The maximum atomic E-state index is 13.3. The molecule has 1 saturated carbocycles. The maximum Gasteiger partial charge on any atom is 0.281 e. The van der Waals surface area contributed by atoms with Crippen molar-refractivity contribution in [2.75, 3.05) is 6.54 Å². The molecular weight excluding hydrogens is 426 g/mol. The third-order valence-corrected chi connectivity index (χ3v) is 7.59. The van der Waals surface area contributed by atoms with E-state index in [1.807, 2.05) is 12.1 Å². The largest absolute Gasteiger partial charge is 0.327 e. The minimum Gasteiger partial charge on any atom is -0.327 e. The van der Waals surface area contributed by atoms with Crippen LogP contribution in [0.25, 0.3) is 0 Å². The summed E-state index contributed by atoms with van der Waals surface area (Å²) in [7, 11) is -4.12. The first kappa shape index (κ1) is 20.8. The van der Waals surface area contributed by atoms with Gasteiger partial charge >= 0.3 is 0 Å². The number of carbonyl (C=O) groups excluding carboxylic acids is 2. The number of nitrogens with zero attached hydrogens (tertiary/aromatic N) is 2. The monoisotopic (exact) mass is 447 g/mol. The van der Waals surface area contributed by atoms with Crippen molar-refractivity contribution in [2.24, 2.45) is 0 Å². The van der Waals surface area contributed by atoms with E-state index in [0.29, 0.717) is 30.8 Å². The van der Waals surface area contributed by atoms with Gasteiger partial charge in [-0.2, -0.15) is 8.42 Å². The molecule has 1 atom stereocenters. The van der Waals surface area contributed by atoms with Gasteiger partial charge in [-0.1, -0.05) is 29.8 Å². The molecule has 1 unspecified atom stereocenters. The van der Waals surface area contributed by atoms with E-state index < -0.39 is 26.9 Å². The zero-order chi connectivity index (χ0) is 21.7. The second kappa shape index (κ2) is 7.06. The molecule has 2 aliphatic rings. The minimum atomic E-state index is -4.12. The van der Waals surface area contributed by atoms with Crippen molar-refractivity contribution in [3.8, 4) is 0 Å². The fourth-order valence-corrected chi connectivity index (χ4v) is 4.93. The summed E-state index contributed by atoms with van der Waals surface area (Å²) in [5.41, 5.74) is -0.219. The first-order valence-electron chi connectivity index (χ1n) is 9.67. The molecule has 9 heteroatoms. The Morgan fingerprint density at radius 3 is 2.27 bits per heavy atom. The van der Waals surface area contributed by atoms with Crippen LogP contribution in [0.3, 0.4) is 0 Å². The summed E-state index contributed by atoms with van der Waals surface area (Å²) >= 11 is 5.96. The van der Waals surface area contributed by atoms with E-state index >= 15 is 0 Å². The summed E-state index contributed by atoms with van der Waals surface area (Å²) in [6.45, 7) is 3.79. The quantitative estimate of drug-likeness (QED) is 0.759. The lowest BCUT2D eigenvalue weighted by atomic mass is 9.82. The summed E-state index contributed by atoms with van der Waals surface area (Å²) < 4.78 is 27.2. The van der Waals surface area contributed by atoms with Crippen LogP contribution in [0.1, 0.15) is 37.3 Å². The number of halogens is 1. The molecule has 30 heavy (non-hydrogen) atoms. The summed E-state index contributed by atoms with van der Waals surface area (Å²) in [5, 5.41) is 0.354. The Morgan fingerprint density at radius 1 is 1.10 bits per heavy atom. The highest BCUT2D eigenvalue weighted by Gasteiger charge is 2.60. The van der Waals surface area contributed by atoms with Crippen molar-refractivity contribution in [3.63, 3.8) is 0 Å². The standard InChI is InChI=1S/C21H22ClN3O4S/c1-14-3-8-17(23-13-14)30(28,29)24-18(26)20(2)11-12-25(20)19(27)21(9-10-21)15-4-6-16(22)7-5-15/h3-8,13H,9-12H2,1-2H3,(H,24,26). The number of hydrogen-bond donors (Lipinski definition) is 1. The summed E-state index contributed by atoms with van der Waals surface area (Å²) in [6, 6.07) is 10.1. The molecule has 7 nitrogen and oxygen atoms in total. The molecule has 1 aliphatic carbocycles. The Hall–Kier alpha value is -2.45. The van der Waals surface area contributed by atoms with Gasteiger partial charge in [-0.25, -0.2) is 9.71 Å². The van der Waals surface area contributed by atoms with Crippen molar-refractivity contribution >= 4 is 33.4 Å². The molecule has 158 valence electrons. The zero-order valence-electron chi connectivity index (χ0n) is 16.7. The van der Waals surface area contributed by atoms with Crippen LogP contribution in [-0.2, 0) is 25.0 Å². The highest BCUT2D eigenvalue weighted by molar-refractivity contribution is 7.90. The van der Waals surface area contributed by atoms with Crippen LogP contribution >= 0.6 is 11.6 Å².